The molecule has 2 nitrogen and oxygen atoms in total. The minimum Gasteiger partial charge on any atom is -0.298 e. The maximum atomic E-state index is 12.9. The molecule has 0 bridgehead atoms. The molecular formula is C17H13FO2SY-2. The maximum absolute atomic E-state index is 12.9. The molecule has 0 aliphatic heterocycles. The Hall–Kier alpha value is -1.10. The van der Waals surface area contributed by atoms with E-state index in [0.717, 1.165) is 6.26 Å². The second kappa shape index (κ2) is 7.45. The van der Waals surface area contributed by atoms with Gasteiger partial charge in [0.2, 0.25) is 0 Å². The number of allylic oxidation sites excluding steroid dienone is 2. The quantitative estimate of drug-likeness (QED) is 0.592. The number of halogens is 1. The molecule has 0 heterocycles. The van der Waals surface area contributed by atoms with Gasteiger partial charge in [-0.3, -0.25) is 24.3 Å². The molecule has 0 saturated heterocycles. The zero-order chi connectivity index (χ0) is 15.6. The molecule has 0 N–H and O–H groups in total. The average molecular weight is 389 g/mol. The van der Waals surface area contributed by atoms with Crippen molar-refractivity contribution in [2.45, 2.75) is 4.90 Å². The number of benzene rings is 2. The SMILES string of the molecule is [CH-]=C(C(=[CH-])c1ccc(S(C)(=O)=O)cc1)c1ccc(F)cc1.[Y]. The van der Waals surface area contributed by atoms with Gasteiger partial charge < -0.3 is 0 Å². The number of rotatable bonds is 4. The average Bonchev–Trinajstić information content (AvgIpc) is 2.46. The van der Waals surface area contributed by atoms with Crippen LogP contribution in [0.4, 0.5) is 4.39 Å². The van der Waals surface area contributed by atoms with E-state index in [2.05, 4.69) is 0 Å². The van der Waals surface area contributed by atoms with Gasteiger partial charge in [-0.15, -0.1) is 24.3 Å². The third-order valence-corrected chi connectivity index (χ3v) is 4.17. The first kappa shape index (κ1) is 19.0. The second-order valence-corrected chi connectivity index (χ2v) is 6.65. The molecule has 22 heavy (non-hydrogen) atoms. The molecule has 0 atom stereocenters. The Labute approximate surface area is 155 Å². The smallest absolute Gasteiger partial charge is 0.175 e. The van der Waals surface area contributed by atoms with Crippen molar-refractivity contribution in [1.82, 2.24) is 0 Å². The van der Waals surface area contributed by atoms with Crippen molar-refractivity contribution in [3.63, 3.8) is 0 Å². The van der Waals surface area contributed by atoms with Crippen LogP contribution >= 0.6 is 0 Å². The molecule has 0 amide bonds. The Balaban J connectivity index is 0.00000242. The molecular weight excluding hydrogens is 376 g/mol. The Morgan fingerprint density at radius 3 is 1.59 bits per heavy atom. The van der Waals surface area contributed by atoms with Crippen LogP contribution in [-0.2, 0) is 42.5 Å². The number of hydrogen-bond acceptors (Lipinski definition) is 2. The molecule has 0 aliphatic carbocycles. The Morgan fingerprint density at radius 1 is 0.864 bits per heavy atom. The minimum atomic E-state index is -3.25. The number of hydrogen-bond donors (Lipinski definition) is 0. The molecule has 0 aromatic heterocycles. The van der Waals surface area contributed by atoms with Gasteiger partial charge in [-0.1, -0.05) is 12.1 Å². The van der Waals surface area contributed by atoms with Crippen LogP contribution in [0.5, 0.6) is 0 Å². The molecule has 2 rings (SSSR count). The second-order valence-electron chi connectivity index (χ2n) is 4.63. The van der Waals surface area contributed by atoms with Crippen LogP contribution in [0, 0.1) is 19.0 Å². The summed E-state index contributed by atoms with van der Waals surface area (Å²) in [6.45, 7) is 11.9. The number of sulfone groups is 1. The van der Waals surface area contributed by atoms with Gasteiger partial charge in [0.15, 0.2) is 9.84 Å². The van der Waals surface area contributed by atoms with Gasteiger partial charge in [0.25, 0.3) is 0 Å². The fourth-order valence-corrected chi connectivity index (χ4v) is 2.45. The first-order chi connectivity index (χ1) is 9.79. The van der Waals surface area contributed by atoms with Gasteiger partial charge >= 0.3 is 0 Å². The fraction of sp³-hybridized carbons (Fsp3) is 0.0588. The molecule has 0 spiro atoms. The van der Waals surface area contributed by atoms with Crippen LogP contribution in [0.25, 0.3) is 11.1 Å². The van der Waals surface area contributed by atoms with Crippen LogP contribution in [0.1, 0.15) is 11.1 Å². The van der Waals surface area contributed by atoms with E-state index < -0.39 is 9.84 Å². The van der Waals surface area contributed by atoms with E-state index in [1.165, 1.54) is 36.4 Å². The predicted molar refractivity (Wildman–Crippen MR) is 81.4 cm³/mol. The molecule has 0 unspecified atom stereocenters. The van der Waals surface area contributed by atoms with Gasteiger partial charge in [0.1, 0.15) is 5.82 Å². The van der Waals surface area contributed by atoms with Crippen LogP contribution in [0.15, 0.2) is 53.4 Å². The molecule has 0 fully saturated rings. The molecule has 5 heteroatoms. The summed E-state index contributed by atoms with van der Waals surface area (Å²) in [6, 6.07) is 11.8. The molecule has 111 valence electrons. The summed E-state index contributed by atoms with van der Waals surface area (Å²) in [5.41, 5.74) is 1.81. The first-order valence-electron chi connectivity index (χ1n) is 6.10. The predicted octanol–water partition coefficient (Wildman–Crippen LogP) is 3.56. The van der Waals surface area contributed by atoms with Crippen molar-refractivity contribution >= 4 is 21.0 Å². The summed E-state index contributed by atoms with van der Waals surface area (Å²) in [4.78, 5) is 0.208. The monoisotopic (exact) mass is 389 g/mol. The van der Waals surface area contributed by atoms with E-state index in [9.17, 15) is 12.8 Å². The third kappa shape index (κ3) is 4.45. The van der Waals surface area contributed by atoms with E-state index in [1.807, 2.05) is 0 Å². The van der Waals surface area contributed by atoms with Gasteiger partial charge in [0, 0.05) is 39.0 Å². The van der Waals surface area contributed by atoms with Gasteiger partial charge in [-0.2, -0.15) is 11.1 Å². The normalized spacial score (nSPS) is 10.6. The first-order valence-corrected chi connectivity index (χ1v) is 8.00. The van der Waals surface area contributed by atoms with E-state index in [4.69, 9.17) is 13.2 Å². The van der Waals surface area contributed by atoms with E-state index >= 15 is 0 Å². The minimum absolute atomic E-state index is 0. The van der Waals surface area contributed by atoms with Crippen LogP contribution in [-0.4, -0.2) is 14.7 Å². The van der Waals surface area contributed by atoms with Crippen molar-refractivity contribution in [3.05, 3.63) is 78.6 Å². The summed E-state index contributed by atoms with van der Waals surface area (Å²) < 4.78 is 35.7. The Kier molecular flexibility index (Phi) is 6.42. The zero-order valence-corrected chi connectivity index (χ0v) is 15.6. The van der Waals surface area contributed by atoms with Crippen LogP contribution in [0.3, 0.4) is 0 Å². The van der Waals surface area contributed by atoms with Gasteiger partial charge in [-0.25, -0.2) is 12.8 Å². The largest absolute Gasteiger partial charge is 0.298 e. The van der Waals surface area contributed by atoms with Crippen molar-refractivity contribution in [2.75, 3.05) is 6.26 Å². The Bertz CT molecular complexity index is 792. The van der Waals surface area contributed by atoms with Crippen LogP contribution in [0.2, 0.25) is 0 Å². The molecule has 0 aliphatic rings. The summed E-state index contributed by atoms with van der Waals surface area (Å²) in [6.07, 6.45) is 1.13. The van der Waals surface area contributed by atoms with E-state index in [0.29, 0.717) is 22.3 Å². The molecule has 0 saturated carbocycles. The van der Waals surface area contributed by atoms with Crippen molar-refractivity contribution < 1.29 is 45.5 Å². The molecule has 2 aromatic rings. The van der Waals surface area contributed by atoms with Gasteiger partial charge in [-0.05, 0) is 12.1 Å². The van der Waals surface area contributed by atoms with E-state index in [-0.39, 0.29) is 43.4 Å². The zero-order valence-electron chi connectivity index (χ0n) is 12.0. The van der Waals surface area contributed by atoms with Crippen LogP contribution < -0.4 is 0 Å². The summed E-state index contributed by atoms with van der Waals surface area (Å²) in [5, 5.41) is 0. The topological polar surface area (TPSA) is 34.1 Å². The maximum Gasteiger partial charge on any atom is 0.175 e. The summed E-state index contributed by atoms with van der Waals surface area (Å²) in [5.74, 6) is -0.359. The third-order valence-electron chi connectivity index (χ3n) is 3.04. The van der Waals surface area contributed by atoms with Gasteiger partial charge in [0.05, 0.1) is 4.90 Å². The standard InChI is InChI=1S/C17H13FO2S.Y/c1-12(14-4-8-16(18)9-5-14)13(2)15-6-10-17(11-7-15)21(3,19)20;/h1-2,4-11H,3H3;/q-2;. The summed E-state index contributed by atoms with van der Waals surface area (Å²) >= 11 is 0. The molecule has 1 radical (unpaired) electrons. The summed E-state index contributed by atoms with van der Waals surface area (Å²) in [7, 11) is -3.25. The Morgan fingerprint density at radius 2 is 1.23 bits per heavy atom. The van der Waals surface area contributed by atoms with Crippen molar-refractivity contribution in [1.29, 1.82) is 0 Å². The van der Waals surface area contributed by atoms with Crippen molar-refractivity contribution in [2.24, 2.45) is 0 Å². The molecule has 2 aromatic carbocycles. The fourth-order valence-electron chi connectivity index (χ4n) is 1.82. The van der Waals surface area contributed by atoms with Crippen molar-refractivity contribution in [3.8, 4) is 0 Å². The van der Waals surface area contributed by atoms with E-state index in [1.54, 1.807) is 12.1 Å².